The van der Waals surface area contributed by atoms with Crippen LogP contribution in [0.2, 0.25) is 5.15 Å². The number of carbonyl (C=O) groups excluding carboxylic acids is 1. The van der Waals surface area contributed by atoms with Crippen molar-refractivity contribution < 1.29 is 14.7 Å². The highest BCUT2D eigenvalue weighted by atomic mass is 35.5. The first-order chi connectivity index (χ1) is 14.7. The van der Waals surface area contributed by atoms with E-state index in [1.165, 1.54) is 6.20 Å². The minimum atomic E-state index is -1.05. The predicted octanol–water partition coefficient (Wildman–Crippen LogP) is 0.0967. The Morgan fingerprint density at radius 3 is 2.65 bits per heavy atom. The van der Waals surface area contributed by atoms with Gasteiger partial charge in [0, 0.05) is 25.8 Å². The number of aliphatic imine (C=N–C) groups is 1. The molecule has 12 nitrogen and oxygen atoms in total. The van der Waals surface area contributed by atoms with E-state index in [-0.39, 0.29) is 40.2 Å². The molecule has 1 amide bonds. The molecule has 1 saturated heterocycles. The Bertz CT molecular complexity index is 1020. The SMILES string of the molecule is NC(=NC1CCN(Cc2ccnc(C(=O)O)c2)CC1)NC(=O)c1nc(Cl)c(N)nc1N. The molecule has 31 heavy (non-hydrogen) atoms. The number of hydrogen-bond acceptors (Lipinski definition) is 9. The number of nitrogens with one attached hydrogen (secondary N) is 1. The molecule has 0 aromatic carbocycles. The summed E-state index contributed by atoms with van der Waals surface area (Å²) in [7, 11) is 0. The van der Waals surface area contributed by atoms with Gasteiger partial charge in [-0.25, -0.2) is 24.7 Å². The van der Waals surface area contributed by atoms with Crippen molar-refractivity contribution in [3.8, 4) is 0 Å². The molecule has 0 aliphatic carbocycles. The summed E-state index contributed by atoms with van der Waals surface area (Å²) in [5, 5.41) is 11.3. The minimum Gasteiger partial charge on any atom is -0.477 e. The van der Waals surface area contributed by atoms with E-state index >= 15 is 0 Å². The van der Waals surface area contributed by atoms with Crippen molar-refractivity contribution in [1.29, 1.82) is 0 Å². The maximum absolute atomic E-state index is 12.3. The molecule has 13 heteroatoms. The summed E-state index contributed by atoms with van der Waals surface area (Å²) in [6.45, 7) is 2.10. The largest absolute Gasteiger partial charge is 0.477 e. The van der Waals surface area contributed by atoms with E-state index in [9.17, 15) is 9.59 Å². The van der Waals surface area contributed by atoms with Crippen molar-refractivity contribution >= 4 is 41.1 Å². The predicted molar refractivity (Wildman–Crippen MR) is 114 cm³/mol. The van der Waals surface area contributed by atoms with E-state index < -0.39 is 11.9 Å². The molecule has 8 N–H and O–H groups in total. The maximum atomic E-state index is 12.3. The number of halogens is 1. The van der Waals surface area contributed by atoms with Crippen LogP contribution in [0.15, 0.2) is 23.3 Å². The van der Waals surface area contributed by atoms with Crippen LogP contribution in [0.5, 0.6) is 0 Å². The van der Waals surface area contributed by atoms with E-state index in [0.717, 1.165) is 31.5 Å². The third-order valence-electron chi connectivity index (χ3n) is 4.69. The molecule has 0 bridgehead atoms. The molecule has 0 radical (unpaired) electrons. The quantitative estimate of drug-likeness (QED) is 0.309. The number of carboxylic acid groups (broad SMARTS) is 1. The van der Waals surface area contributed by atoms with E-state index in [1.54, 1.807) is 12.1 Å². The molecule has 0 spiro atoms. The van der Waals surface area contributed by atoms with Gasteiger partial charge in [-0.1, -0.05) is 11.6 Å². The zero-order valence-corrected chi connectivity index (χ0v) is 17.2. The van der Waals surface area contributed by atoms with Gasteiger partial charge in [-0.15, -0.1) is 0 Å². The lowest BCUT2D eigenvalue weighted by Gasteiger charge is -2.30. The van der Waals surface area contributed by atoms with Gasteiger partial charge in [0.15, 0.2) is 28.4 Å². The third-order valence-corrected chi connectivity index (χ3v) is 4.97. The van der Waals surface area contributed by atoms with Gasteiger partial charge in [-0.2, -0.15) is 0 Å². The van der Waals surface area contributed by atoms with Crippen LogP contribution in [0, 0.1) is 0 Å². The topological polar surface area (TPSA) is 199 Å². The van der Waals surface area contributed by atoms with E-state index in [1.807, 2.05) is 0 Å². The maximum Gasteiger partial charge on any atom is 0.354 e. The highest BCUT2D eigenvalue weighted by Crippen LogP contribution is 2.18. The Morgan fingerprint density at radius 1 is 1.26 bits per heavy atom. The molecule has 1 aliphatic heterocycles. The van der Waals surface area contributed by atoms with Gasteiger partial charge in [0.05, 0.1) is 6.04 Å². The number of carboxylic acids is 1. The van der Waals surface area contributed by atoms with Crippen LogP contribution in [0.3, 0.4) is 0 Å². The lowest BCUT2D eigenvalue weighted by molar-refractivity contribution is 0.0690. The highest BCUT2D eigenvalue weighted by Gasteiger charge is 2.21. The monoisotopic (exact) mass is 447 g/mol. The van der Waals surface area contributed by atoms with E-state index in [4.69, 9.17) is 33.9 Å². The summed E-state index contributed by atoms with van der Waals surface area (Å²) in [5.41, 5.74) is 17.7. The number of aromatic carboxylic acids is 1. The molecule has 1 fully saturated rings. The first-order valence-electron chi connectivity index (χ1n) is 9.36. The van der Waals surface area contributed by atoms with Crippen molar-refractivity contribution in [2.75, 3.05) is 24.6 Å². The number of likely N-dealkylation sites (tertiary alicyclic amines) is 1. The first kappa shape index (κ1) is 22.2. The number of anilines is 2. The zero-order valence-electron chi connectivity index (χ0n) is 16.5. The standard InChI is InChI=1S/C18H22ClN9O3/c19-13-15(21)26-14(20)12(25-13)16(29)27-18(22)24-10-2-5-28(6-3-10)8-9-1-4-23-11(7-9)17(30)31/h1,4,7,10H,2-3,5-6,8H2,(H,30,31)(H4,20,21,26)(H3,22,24,27,29). The van der Waals surface area contributed by atoms with Gasteiger partial charge >= 0.3 is 5.97 Å². The molecule has 0 unspecified atom stereocenters. The Kier molecular flexibility index (Phi) is 6.82. The number of piperidine rings is 1. The molecule has 0 saturated carbocycles. The Morgan fingerprint density at radius 2 is 1.97 bits per heavy atom. The molecule has 2 aromatic heterocycles. The lowest BCUT2D eigenvalue weighted by atomic mass is 10.0. The van der Waals surface area contributed by atoms with Crippen LogP contribution in [0.25, 0.3) is 0 Å². The van der Waals surface area contributed by atoms with Crippen molar-refractivity contribution in [2.45, 2.75) is 25.4 Å². The second kappa shape index (κ2) is 9.53. The fourth-order valence-electron chi connectivity index (χ4n) is 3.17. The van der Waals surface area contributed by atoms with E-state index in [0.29, 0.717) is 6.54 Å². The Balaban J connectivity index is 1.54. The van der Waals surface area contributed by atoms with Crippen LogP contribution in [-0.2, 0) is 6.54 Å². The van der Waals surface area contributed by atoms with E-state index in [2.05, 4.69) is 30.2 Å². The number of pyridine rings is 1. The summed E-state index contributed by atoms with van der Waals surface area (Å²) in [6, 6.07) is 3.29. The molecule has 3 heterocycles. The van der Waals surface area contributed by atoms with Crippen LogP contribution in [0.4, 0.5) is 11.6 Å². The van der Waals surface area contributed by atoms with Gasteiger partial charge in [-0.3, -0.25) is 15.0 Å². The van der Waals surface area contributed by atoms with Gasteiger partial charge in [0.2, 0.25) is 0 Å². The zero-order chi connectivity index (χ0) is 22.5. The Hall–Kier alpha value is -3.51. The molecule has 0 atom stereocenters. The highest BCUT2D eigenvalue weighted by molar-refractivity contribution is 6.31. The van der Waals surface area contributed by atoms with Crippen LogP contribution in [-0.4, -0.2) is 61.9 Å². The van der Waals surface area contributed by atoms with Crippen molar-refractivity contribution in [1.82, 2.24) is 25.2 Å². The fraction of sp³-hybridized carbons (Fsp3) is 0.333. The lowest BCUT2D eigenvalue weighted by Crippen LogP contribution is -2.40. The van der Waals surface area contributed by atoms with Crippen molar-refractivity contribution in [3.63, 3.8) is 0 Å². The normalized spacial score (nSPS) is 15.6. The number of nitrogens with zero attached hydrogens (tertiary/aromatic N) is 5. The number of rotatable bonds is 5. The number of nitrogens with two attached hydrogens (primary N) is 3. The van der Waals surface area contributed by atoms with Gasteiger partial charge < -0.3 is 22.3 Å². The molecule has 1 aliphatic rings. The number of amides is 1. The molecular formula is C18H22ClN9O3. The number of nitrogen functional groups attached to an aromatic ring is 2. The summed E-state index contributed by atoms with van der Waals surface area (Å²) < 4.78 is 0. The summed E-state index contributed by atoms with van der Waals surface area (Å²) in [4.78, 5) is 41.3. The van der Waals surface area contributed by atoms with Crippen LogP contribution < -0.4 is 22.5 Å². The number of hydrogen-bond donors (Lipinski definition) is 5. The second-order valence-electron chi connectivity index (χ2n) is 6.96. The van der Waals surface area contributed by atoms with Gasteiger partial charge in [0.25, 0.3) is 5.91 Å². The molecule has 3 rings (SSSR count). The summed E-state index contributed by atoms with van der Waals surface area (Å²) in [6.07, 6.45) is 2.94. The second-order valence-corrected chi connectivity index (χ2v) is 7.32. The number of aromatic nitrogens is 3. The Labute approximate surface area is 182 Å². The average molecular weight is 448 g/mol. The molecule has 2 aromatic rings. The summed E-state index contributed by atoms with van der Waals surface area (Å²) >= 11 is 5.78. The van der Waals surface area contributed by atoms with Gasteiger partial charge in [0.1, 0.15) is 5.69 Å². The molecular weight excluding hydrogens is 426 g/mol. The van der Waals surface area contributed by atoms with Crippen LogP contribution in [0.1, 0.15) is 39.4 Å². The average Bonchev–Trinajstić information content (AvgIpc) is 2.72. The summed E-state index contributed by atoms with van der Waals surface area (Å²) in [5.74, 6) is -2.03. The molecule has 164 valence electrons. The van der Waals surface area contributed by atoms with Gasteiger partial charge in [-0.05, 0) is 30.5 Å². The number of carbonyl (C=O) groups is 2. The first-order valence-corrected chi connectivity index (χ1v) is 9.74. The van der Waals surface area contributed by atoms with Crippen molar-refractivity contribution in [2.24, 2.45) is 10.7 Å². The fourth-order valence-corrected chi connectivity index (χ4v) is 3.29. The number of guanidine groups is 1. The third kappa shape index (κ3) is 5.77. The smallest absolute Gasteiger partial charge is 0.354 e. The van der Waals surface area contributed by atoms with Crippen LogP contribution >= 0.6 is 11.6 Å². The van der Waals surface area contributed by atoms with Crippen molar-refractivity contribution in [3.05, 3.63) is 40.4 Å². The minimum absolute atomic E-state index is 0.0215.